The number of aromatic nitrogens is 4. The van der Waals surface area contributed by atoms with Crippen LogP contribution < -0.4 is 0 Å². The molecule has 4 aromatic heterocycles. The molecule has 0 N–H and O–H groups in total. The van der Waals surface area contributed by atoms with E-state index >= 15 is 0 Å². The zero-order valence-electron chi connectivity index (χ0n) is 24.9. The van der Waals surface area contributed by atoms with Gasteiger partial charge in [-0.05, 0) is 59.7 Å². The number of pyridine rings is 1. The first-order valence-electron chi connectivity index (χ1n) is 15.5. The number of hydrogen-bond donors (Lipinski definition) is 0. The van der Waals surface area contributed by atoms with Crippen LogP contribution in [0.25, 0.3) is 91.8 Å². The summed E-state index contributed by atoms with van der Waals surface area (Å²) in [5.41, 5.74) is 11.0. The van der Waals surface area contributed by atoms with Gasteiger partial charge in [-0.25, -0.2) is 14.8 Å². The lowest BCUT2D eigenvalue weighted by atomic mass is 9.97. The van der Waals surface area contributed by atoms with E-state index in [0.29, 0.717) is 5.69 Å². The Bertz CT molecular complexity index is 2920. The Morgan fingerprint density at radius 1 is 0.553 bits per heavy atom. The predicted molar refractivity (Wildman–Crippen MR) is 195 cm³/mol. The van der Waals surface area contributed by atoms with Gasteiger partial charge in [0.15, 0.2) is 16.3 Å². The molecule has 0 aliphatic heterocycles. The Morgan fingerprint density at radius 2 is 1.34 bits per heavy atom. The molecule has 0 amide bonds. The fourth-order valence-corrected chi connectivity index (χ4v) is 8.05. The number of fused-ring (bicyclic) bond motifs is 10. The van der Waals surface area contributed by atoms with Crippen molar-refractivity contribution >= 4 is 75.9 Å². The van der Waals surface area contributed by atoms with E-state index in [1.807, 2.05) is 18.2 Å². The van der Waals surface area contributed by atoms with Crippen molar-refractivity contribution in [1.29, 1.82) is 0 Å². The van der Waals surface area contributed by atoms with Crippen molar-refractivity contribution in [2.45, 2.75) is 0 Å². The van der Waals surface area contributed by atoms with Crippen LogP contribution in [0.4, 0.5) is 5.69 Å². The van der Waals surface area contributed by atoms with Crippen LogP contribution in [0, 0.1) is 6.57 Å². The minimum absolute atomic E-state index is 0.632. The van der Waals surface area contributed by atoms with Gasteiger partial charge in [-0.1, -0.05) is 102 Å². The van der Waals surface area contributed by atoms with Crippen molar-refractivity contribution < 1.29 is 0 Å². The molecule has 10 aromatic rings. The number of para-hydroxylation sites is 2. The van der Waals surface area contributed by atoms with E-state index in [1.54, 1.807) is 11.3 Å². The van der Waals surface area contributed by atoms with Crippen LogP contribution in [-0.2, 0) is 0 Å². The van der Waals surface area contributed by atoms with Crippen molar-refractivity contribution in [3.8, 4) is 28.1 Å². The molecule has 5 nitrogen and oxygen atoms in total. The van der Waals surface area contributed by atoms with Gasteiger partial charge in [0, 0.05) is 38.3 Å². The molecule has 10 rings (SSSR count). The zero-order chi connectivity index (χ0) is 31.1. The largest absolute Gasteiger partial charge is 0.311 e. The summed E-state index contributed by atoms with van der Waals surface area (Å²) in [4.78, 5) is 15.1. The van der Waals surface area contributed by atoms with Crippen LogP contribution in [-0.4, -0.2) is 18.9 Å². The fraction of sp³-hybridized carbons (Fsp3) is 0. The van der Waals surface area contributed by atoms with Gasteiger partial charge in [-0.2, -0.15) is 0 Å². The van der Waals surface area contributed by atoms with E-state index in [0.717, 1.165) is 82.3 Å². The van der Waals surface area contributed by atoms with Gasteiger partial charge in [0.1, 0.15) is 5.52 Å². The maximum atomic E-state index is 7.63. The predicted octanol–water partition coefficient (Wildman–Crippen LogP) is 11.2. The maximum absolute atomic E-state index is 7.63. The van der Waals surface area contributed by atoms with E-state index < -0.39 is 0 Å². The third kappa shape index (κ3) is 3.81. The van der Waals surface area contributed by atoms with Crippen LogP contribution in [0.5, 0.6) is 0 Å². The SMILES string of the molecule is [C-]#[N+]c1ccc2c3cc(-c4cccc(-c5nc6c(nc7sc8ccccc8n76)c6ccccc56)c4)ccc3n(-c3ccccc3)c2c1. The lowest BCUT2D eigenvalue weighted by molar-refractivity contribution is 1.18. The first-order chi connectivity index (χ1) is 23.2. The summed E-state index contributed by atoms with van der Waals surface area (Å²) in [5.74, 6) is 0. The Hall–Kier alpha value is -6.29. The molecule has 47 heavy (non-hydrogen) atoms. The lowest BCUT2D eigenvalue weighted by Crippen LogP contribution is -1.93. The van der Waals surface area contributed by atoms with Crippen LogP contribution in [0.3, 0.4) is 0 Å². The van der Waals surface area contributed by atoms with Crippen molar-refractivity contribution in [2.75, 3.05) is 0 Å². The molecule has 0 radical (unpaired) electrons. The van der Waals surface area contributed by atoms with Crippen LogP contribution >= 0.6 is 11.3 Å². The summed E-state index contributed by atoms with van der Waals surface area (Å²) in [7, 11) is 0. The highest BCUT2D eigenvalue weighted by Gasteiger charge is 2.19. The van der Waals surface area contributed by atoms with E-state index in [2.05, 4.69) is 135 Å². The summed E-state index contributed by atoms with van der Waals surface area (Å²) in [6.07, 6.45) is 0. The third-order valence-corrected chi connectivity index (χ3v) is 10.2. The van der Waals surface area contributed by atoms with Crippen LogP contribution in [0.15, 0.2) is 140 Å². The van der Waals surface area contributed by atoms with Gasteiger partial charge in [0.25, 0.3) is 0 Å². The minimum Gasteiger partial charge on any atom is -0.311 e. The molecule has 6 aromatic carbocycles. The van der Waals surface area contributed by atoms with Crippen molar-refractivity contribution in [3.63, 3.8) is 0 Å². The molecular weight excluding hydrogens is 595 g/mol. The highest BCUT2D eigenvalue weighted by Crippen LogP contribution is 2.39. The number of imidazole rings is 1. The number of thiazole rings is 1. The van der Waals surface area contributed by atoms with E-state index in [4.69, 9.17) is 16.5 Å². The van der Waals surface area contributed by atoms with Gasteiger partial charge in [0.05, 0.1) is 28.0 Å². The minimum atomic E-state index is 0.632. The van der Waals surface area contributed by atoms with E-state index in [1.165, 1.54) is 4.70 Å². The third-order valence-electron chi connectivity index (χ3n) is 9.15. The molecule has 0 saturated carbocycles. The Labute approximate surface area is 273 Å². The van der Waals surface area contributed by atoms with Gasteiger partial charge >= 0.3 is 0 Å². The molecule has 0 fully saturated rings. The zero-order valence-corrected chi connectivity index (χ0v) is 25.7. The molecule has 6 heteroatoms. The molecular formula is C41H23N5S. The maximum Gasteiger partial charge on any atom is 0.197 e. The Morgan fingerprint density at radius 3 is 2.23 bits per heavy atom. The molecule has 0 unspecified atom stereocenters. The Balaban J connectivity index is 1.19. The van der Waals surface area contributed by atoms with Gasteiger partial charge in [0.2, 0.25) is 0 Å². The molecule has 0 aliphatic carbocycles. The monoisotopic (exact) mass is 617 g/mol. The van der Waals surface area contributed by atoms with Crippen molar-refractivity contribution in [1.82, 2.24) is 18.9 Å². The van der Waals surface area contributed by atoms with Gasteiger partial charge in [-0.15, -0.1) is 0 Å². The molecule has 4 heterocycles. The number of rotatable bonds is 3. The van der Waals surface area contributed by atoms with Crippen molar-refractivity contribution in [3.05, 3.63) is 151 Å². The average molecular weight is 618 g/mol. The first kappa shape index (κ1) is 26.0. The topological polar surface area (TPSA) is 39.5 Å². The molecule has 0 atom stereocenters. The quantitative estimate of drug-likeness (QED) is 0.185. The number of hydrogen-bond acceptors (Lipinski definition) is 3. The van der Waals surface area contributed by atoms with Crippen molar-refractivity contribution in [2.24, 2.45) is 0 Å². The van der Waals surface area contributed by atoms with Crippen LogP contribution in [0.1, 0.15) is 0 Å². The summed E-state index contributed by atoms with van der Waals surface area (Å²) in [6, 6.07) is 48.6. The molecule has 0 bridgehead atoms. The smallest absolute Gasteiger partial charge is 0.197 e. The van der Waals surface area contributed by atoms with Gasteiger partial charge in [-0.3, -0.25) is 4.40 Å². The molecule has 218 valence electrons. The summed E-state index contributed by atoms with van der Waals surface area (Å²) in [5, 5.41) is 4.47. The number of nitrogens with zero attached hydrogens (tertiary/aromatic N) is 5. The second kappa shape index (κ2) is 9.85. The van der Waals surface area contributed by atoms with E-state index in [9.17, 15) is 0 Å². The average Bonchev–Trinajstić information content (AvgIpc) is 3.79. The standard InChI is InChI=1S/C41H23N5S/c1-42-28-19-20-30-33-23-26(18-21-34(33)45(36(30)24-28)29-12-3-2-4-13-29)25-10-9-11-27(22-25)38-31-14-5-6-15-32(31)39-40(43-38)46-35-16-7-8-17-37(35)47-41(46)44-39/h2-24H. The van der Waals surface area contributed by atoms with Gasteiger partial charge < -0.3 is 4.57 Å². The summed E-state index contributed by atoms with van der Waals surface area (Å²) < 4.78 is 5.65. The lowest BCUT2D eigenvalue weighted by Gasteiger charge is -2.10. The second-order valence-electron chi connectivity index (χ2n) is 11.8. The number of benzene rings is 6. The highest BCUT2D eigenvalue weighted by molar-refractivity contribution is 7.23. The molecule has 0 spiro atoms. The summed E-state index contributed by atoms with van der Waals surface area (Å²) >= 11 is 1.70. The normalized spacial score (nSPS) is 11.8. The first-order valence-corrected chi connectivity index (χ1v) is 16.3. The highest BCUT2D eigenvalue weighted by atomic mass is 32.1. The molecule has 0 saturated heterocycles. The molecule has 0 aliphatic rings. The Kier molecular flexibility index (Phi) is 5.45. The summed E-state index contributed by atoms with van der Waals surface area (Å²) in [6.45, 7) is 7.63. The van der Waals surface area contributed by atoms with E-state index in [-0.39, 0.29) is 0 Å². The second-order valence-corrected chi connectivity index (χ2v) is 12.8. The van der Waals surface area contributed by atoms with Crippen LogP contribution in [0.2, 0.25) is 0 Å². The fourth-order valence-electron chi connectivity index (χ4n) is 7.03.